The fourth-order valence-corrected chi connectivity index (χ4v) is 2.49. The summed E-state index contributed by atoms with van der Waals surface area (Å²) < 4.78 is 0. The van der Waals surface area contributed by atoms with E-state index in [1.54, 1.807) is 0 Å². The van der Waals surface area contributed by atoms with Crippen LogP contribution in [0.2, 0.25) is 0 Å². The lowest BCUT2D eigenvalue weighted by atomic mass is 9.99. The summed E-state index contributed by atoms with van der Waals surface area (Å²) in [5, 5.41) is 8.97. The van der Waals surface area contributed by atoms with E-state index in [0.29, 0.717) is 5.41 Å². The first-order valence-electron chi connectivity index (χ1n) is 4.59. The highest BCUT2D eigenvalue weighted by atomic mass is 32.2. The molecule has 0 aromatic heterocycles. The van der Waals surface area contributed by atoms with Gasteiger partial charge < -0.3 is 5.32 Å². The van der Waals surface area contributed by atoms with Crippen molar-refractivity contribution in [3.05, 3.63) is 23.8 Å². The molecule has 1 fully saturated rings. The first kappa shape index (κ1) is 7.71. The number of benzene rings is 1. The van der Waals surface area contributed by atoms with Gasteiger partial charge in [-0.15, -0.1) is 0 Å². The molecule has 2 aliphatic rings. The van der Waals surface area contributed by atoms with E-state index in [-0.39, 0.29) is 0 Å². The Morgan fingerprint density at radius 1 is 1.38 bits per heavy atom. The highest BCUT2D eigenvalue weighted by molar-refractivity contribution is 7.97. The molecule has 0 amide bonds. The summed E-state index contributed by atoms with van der Waals surface area (Å²) in [7, 11) is 0. The first-order valence-corrected chi connectivity index (χ1v) is 5.47. The normalized spacial score (nSPS) is 21.3. The van der Waals surface area contributed by atoms with Crippen LogP contribution in [0, 0.1) is 0 Å². The van der Waals surface area contributed by atoms with Gasteiger partial charge in [0, 0.05) is 22.5 Å². The third kappa shape index (κ3) is 1.00. The van der Waals surface area contributed by atoms with Crippen molar-refractivity contribution in [3.63, 3.8) is 0 Å². The Bertz CT molecular complexity index is 358. The van der Waals surface area contributed by atoms with Crippen molar-refractivity contribution in [2.24, 2.45) is 5.14 Å². The molecule has 1 aromatic carbocycles. The quantitative estimate of drug-likeness (QED) is 0.669. The van der Waals surface area contributed by atoms with E-state index in [9.17, 15) is 0 Å². The molecule has 1 aliphatic carbocycles. The zero-order chi connectivity index (χ0) is 8.89. The fraction of sp³-hybridized carbons (Fsp3) is 0.400. The Kier molecular flexibility index (Phi) is 1.44. The number of hydrogen-bond acceptors (Lipinski definition) is 3. The molecule has 3 heteroatoms. The molecule has 68 valence electrons. The van der Waals surface area contributed by atoms with Gasteiger partial charge in [0.2, 0.25) is 0 Å². The molecule has 0 atom stereocenters. The maximum atomic E-state index is 5.52. The molecular formula is C10H12N2S. The van der Waals surface area contributed by atoms with Crippen LogP contribution in [0.1, 0.15) is 18.4 Å². The van der Waals surface area contributed by atoms with Gasteiger partial charge in [0.15, 0.2) is 0 Å². The minimum atomic E-state index is 0.507. The van der Waals surface area contributed by atoms with Gasteiger partial charge in [-0.3, -0.25) is 5.14 Å². The van der Waals surface area contributed by atoms with Crippen LogP contribution in [0.5, 0.6) is 0 Å². The van der Waals surface area contributed by atoms with Crippen LogP contribution in [0.25, 0.3) is 0 Å². The third-order valence-corrected chi connectivity index (χ3v) is 3.70. The highest BCUT2D eigenvalue weighted by Crippen LogP contribution is 2.54. The van der Waals surface area contributed by atoms with Gasteiger partial charge in [0.25, 0.3) is 0 Å². The van der Waals surface area contributed by atoms with Crippen molar-refractivity contribution < 1.29 is 0 Å². The van der Waals surface area contributed by atoms with Crippen LogP contribution in [0.3, 0.4) is 0 Å². The van der Waals surface area contributed by atoms with Crippen molar-refractivity contribution in [2.75, 3.05) is 11.9 Å². The maximum absolute atomic E-state index is 5.52. The lowest BCUT2D eigenvalue weighted by molar-refractivity contribution is 0.777. The van der Waals surface area contributed by atoms with Crippen molar-refractivity contribution in [1.29, 1.82) is 0 Å². The predicted molar refractivity (Wildman–Crippen MR) is 55.9 cm³/mol. The molecule has 1 aromatic rings. The fourth-order valence-electron chi connectivity index (χ4n) is 2.16. The van der Waals surface area contributed by atoms with E-state index in [1.807, 2.05) is 0 Å². The zero-order valence-corrected chi connectivity index (χ0v) is 8.16. The lowest BCUT2D eigenvalue weighted by Gasteiger charge is -2.05. The highest BCUT2D eigenvalue weighted by Gasteiger charge is 2.48. The topological polar surface area (TPSA) is 38.0 Å². The summed E-state index contributed by atoms with van der Waals surface area (Å²) in [5.41, 5.74) is 3.31. The minimum absolute atomic E-state index is 0.507. The molecule has 0 saturated heterocycles. The Morgan fingerprint density at radius 2 is 2.23 bits per heavy atom. The SMILES string of the molecule is NSc1ccc2c(c1)NCC21CC1. The second kappa shape index (κ2) is 2.42. The summed E-state index contributed by atoms with van der Waals surface area (Å²) in [6.45, 7) is 1.13. The molecule has 1 aliphatic heterocycles. The van der Waals surface area contributed by atoms with E-state index in [0.717, 1.165) is 11.4 Å². The summed E-state index contributed by atoms with van der Waals surface area (Å²) in [4.78, 5) is 1.14. The minimum Gasteiger partial charge on any atom is -0.384 e. The van der Waals surface area contributed by atoms with Crippen LogP contribution in [-0.2, 0) is 5.41 Å². The van der Waals surface area contributed by atoms with Gasteiger partial charge in [-0.05, 0) is 42.5 Å². The number of rotatable bonds is 1. The average Bonchev–Trinajstić information content (AvgIpc) is 2.86. The van der Waals surface area contributed by atoms with Gasteiger partial charge in [-0.1, -0.05) is 6.07 Å². The van der Waals surface area contributed by atoms with Gasteiger partial charge in [-0.25, -0.2) is 0 Å². The van der Waals surface area contributed by atoms with Gasteiger partial charge in [0.1, 0.15) is 0 Å². The van der Waals surface area contributed by atoms with E-state index >= 15 is 0 Å². The number of hydrogen-bond donors (Lipinski definition) is 2. The largest absolute Gasteiger partial charge is 0.384 e. The molecule has 0 bridgehead atoms. The maximum Gasteiger partial charge on any atom is 0.0391 e. The van der Waals surface area contributed by atoms with Crippen LogP contribution >= 0.6 is 11.9 Å². The standard InChI is InChI=1S/C10H12N2S/c11-13-7-1-2-8-9(5-7)12-6-10(8)3-4-10/h1-2,5,12H,3-4,6,11H2. The number of nitrogens with one attached hydrogen (secondary N) is 1. The molecule has 0 radical (unpaired) electrons. The molecule has 1 saturated carbocycles. The number of anilines is 1. The first-order chi connectivity index (χ1) is 6.34. The van der Waals surface area contributed by atoms with Crippen molar-refractivity contribution >= 4 is 17.6 Å². The Balaban J connectivity index is 2.09. The van der Waals surface area contributed by atoms with Crippen LogP contribution in [0.4, 0.5) is 5.69 Å². The molecule has 1 spiro atoms. The van der Waals surface area contributed by atoms with E-state index in [1.165, 1.54) is 36.0 Å². The second-order valence-electron chi connectivity index (χ2n) is 3.96. The predicted octanol–water partition coefficient (Wildman–Crippen LogP) is 2.11. The molecule has 3 N–H and O–H groups in total. The summed E-state index contributed by atoms with van der Waals surface area (Å²) >= 11 is 1.32. The molecule has 3 rings (SSSR count). The molecule has 0 unspecified atom stereocenters. The monoisotopic (exact) mass is 192 g/mol. The molecule has 13 heavy (non-hydrogen) atoms. The number of nitrogens with two attached hydrogens (primary N) is 1. The summed E-state index contributed by atoms with van der Waals surface area (Å²) in [5.74, 6) is 0. The molecule has 1 heterocycles. The number of fused-ring (bicyclic) bond motifs is 2. The van der Waals surface area contributed by atoms with Crippen molar-refractivity contribution in [1.82, 2.24) is 0 Å². The van der Waals surface area contributed by atoms with Gasteiger partial charge >= 0.3 is 0 Å². The van der Waals surface area contributed by atoms with E-state index in [2.05, 4.69) is 23.5 Å². The lowest BCUT2D eigenvalue weighted by Crippen LogP contribution is -2.07. The second-order valence-corrected chi connectivity index (χ2v) is 4.67. The van der Waals surface area contributed by atoms with Gasteiger partial charge in [-0.2, -0.15) is 0 Å². The molecular weight excluding hydrogens is 180 g/mol. The van der Waals surface area contributed by atoms with Gasteiger partial charge in [0.05, 0.1) is 0 Å². The van der Waals surface area contributed by atoms with Crippen LogP contribution < -0.4 is 10.5 Å². The summed E-state index contributed by atoms with van der Waals surface area (Å²) in [6, 6.07) is 6.52. The summed E-state index contributed by atoms with van der Waals surface area (Å²) in [6.07, 6.45) is 2.70. The Hall–Kier alpha value is -0.670. The molecule has 2 nitrogen and oxygen atoms in total. The van der Waals surface area contributed by atoms with Crippen molar-refractivity contribution in [2.45, 2.75) is 23.2 Å². The zero-order valence-electron chi connectivity index (χ0n) is 7.34. The average molecular weight is 192 g/mol. The van der Waals surface area contributed by atoms with Crippen LogP contribution in [-0.4, -0.2) is 6.54 Å². The Labute approximate surface area is 82.0 Å². The smallest absolute Gasteiger partial charge is 0.0391 e. The van der Waals surface area contributed by atoms with Crippen molar-refractivity contribution in [3.8, 4) is 0 Å². The Morgan fingerprint density at radius 3 is 2.92 bits per heavy atom. The van der Waals surface area contributed by atoms with Crippen LogP contribution in [0.15, 0.2) is 23.1 Å². The third-order valence-electron chi connectivity index (χ3n) is 3.17. The van der Waals surface area contributed by atoms with E-state index in [4.69, 9.17) is 5.14 Å². The van der Waals surface area contributed by atoms with E-state index < -0.39 is 0 Å².